The van der Waals surface area contributed by atoms with Crippen molar-refractivity contribution in [2.45, 2.75) is 6.61 Å². The average Bonchev–Trinajstić information content (AvgIpc) is 2.99. The van der Waals surface area contributed by atoms with Crippen molar-refractivity contribution >= 4 is 16.8 Å². The quantitative estimate of drug-likeness (QED) is 0.624. The molecule has 4 aromatic rings. The van der Waals surface area contributed by atoms with E-state index >= 15 is 0 Å². The fraction of sp³-hybridized carbons (Fsp3) is 0.125. The molecule has 0 aliphatic heterocycles. The van der Waals surface area contributed by atoms with E-state index in [4.69, 9.17) is 4.74 Å². The second kappa shape index (κ2) is 5.29. The van der Waals surface area contributed by atoms with Crippen LogP contribution in [-0.2, 0) is 11.3 Å². The summed E-state index contributed by atoms with van der Waals surface area (Å²) in [6, 6.07) is 13.4. The maximum atomic E-state index is 10.3. The molecule has 0 radical (unpaired) electrons. The molecular weight excluding hydrogens is 294 g/mol. The van der Waals surface area contributed by atoms with Crippen molar-refractivity contribution in [3.63, 3.8) is 0 Å². The van der Waals surface area contributed by atoms with Gasteiger partial charge in [-0.15, -0.1) is 15.3 Å². The molecule has 7 nitrogen and oxygen atoms in total. The van der Waals surface area contributed by atoms with Crippen LogP contribution in [0.25, 0.3) is 27.9 Å². The third-order valence-electron chi connectivity index (χ3n) is 3.55. The first-order chi connectivity index (χ1) is 11.3. The second-order valence-corrected chi connectivity index (χ2v) is 5.10. The van der Waals surface area contributed by atoms with E-state index in [9.17, 15) is 5.11 Å². The Morgan fingerprint density at radius 3 is 2.70 bits per heavy atom. The number of benzene rings is 2. The first kappa shape index (κ1) is 13.6. The average molecular weight is 307 g/mol. The van der Waals surface area contributed by atoms with Gasteiger partial charge in [0.15, 0.2) is 11.3 Å². The first-order valence-corrected chi connectivity index (χ1v) is 7.05. The highest BCUT2D eigenvalue weighted by Crippen LogP contribution is 2.30. The molecular formula is C16H13N5O2. The van der Waals surface area contributed by atoms with Crippen molar-refractivity contribution in [1.82, 2.24) is 24.8 Å². The van der Waals surface area contributed by atoms with E-state index in [1.165, 1.54) is 0 Å². The van der Waals surface area contributed by atoms with Gasteiger partial charge < -0.3 is 9.84 Å². The molecule has 2 aromatic carbocycles. The predicted molar refractivity (Wildman–Crippen MR) is 83.9 cm³/mol. The molecule has 0 fully saturated rings. The molecule has 7 heteroatoms. The molecule has 2 aromatic heterocycles. The van der Waals surface area contributed by atoms with E-state index in [1.807, 2.05) is 36.4 Å². The molecule has 4 rings (SSSR count). The van der Waals surface area contributed by atoms with Gasteiger partial charge in [-0.05, 0) is 23.3 Å². The zero-order valence-electron chi connectivity index (χ0n) is 12.3. The van der Waals surface area contributed by atoms with Gasteiger partial charge in [0, 0.05) is 7.11 Å². The van der Waals surface area contributed by atoms with Crippen molar-refractivity contribution in [2.75, 3.05) is 7.11 Å². The zero-order valence-corrected chi connectivity index (χ0v) is 12.3. The van der Waals surface area contributed by atoms with Crippen LogP contribution in [0, 0.1) is 0 Å². The Bertz CT molecular complexity index is 998. The highest BCUT2D eigenvalue weighted by molar-refractivity contribution is 5.87. The van der Waals surface area contributed by atoms with Crippen LogP contribution in [0.2, 0.25) is 0 Å². The van der Waals surface area contributed by atoms with Crippen molar-refractivity contribution in [3.05, 3.63) is 48.3 Å². The minimum Gasteiger partial charge on any atom is -0.506 e. The van der Waals surface area contributed by atoms with Crippen molar-refractivity contribution in [2.24, 2.45) is 0 Å². The number of hydrogen-bond acceptors (Lipinski definition) is 6. The SMILES string of the molecule is COCc1nc2nnc3c(O)cc(-c4ccccc4)cc3n2n1. The number of phenols is 1. The number of methoxy groups -OCH3 is 1. The molecule has 114 valence electrons. The number of nitrogens with zero attached hydrogens (tertiary/aromatic N) is 5. The van der Waals surface area contributed by atoms with Gasteiger partial charge in [-0.1, -0.05) is 30.3 Å². The fourth-order valence-corrected chi connectivity index (χ4v) is 2.52. The fourth-order valence-electron chi connectivity index (χ4n) is 2.52. The minimum atomic E-state index is 0.0551. The summed E-state index contributed by atoms with van der Waals surface area (Å²) in [4.78, 5) is 4.26. The van der Waals surface area contributed by atoms with E-state index in [0.29, 0.717) is 22.6 Å². The summed E-state index contributed by atoms with van der Waals surface area (Å²) in [5.41, 5.74) is 2.88. The third-order valence-corrected chi connectivity index (χ3v) is 3.55. The number of phenolic OH excluding ortho intramolecular Hbond substituents is 1. The van der Waals surface area contributed by atoms with Crippen LogP contribution in [0.3, 0.4) is 0 Å². The topological polar surface area (TPSA) is 85.4 Å². The van der Waals surface area contributed by atoms with E-state index in [2.05, 4.69) is 20.3 Å². The van der Waals surface area contributed by atoms with Gasteiger partial charge in [0.2, 0.25) is 0 Å². The van der Waals surface area contributed by atoms with E-state index in [0.717, 1.165) is 11.1 Å². The van der Waals surface area contributed by atoms with Gasteiger partial charge in [0.1, 0.15) is 17.9 Å². The van der Waals surface area contributed by atoms with Crippen LogP contribution in [0.4, 0.5) is 0 Å². The Morgan fingerprint density at radius 1 is 1.09 bits per heavy atom. The number of ether oxygens (including phenoxy) is 1. The maximum absolute atomic E-state index is 10.3. The van der Waals surface area contributed by atoms with Crippen LogP contribution >= 0.6 is 0 Å². The highest BCUT2D eigenvalue weighted by Gasteiger charge is 2.13. The Morgan fingerprint density at radius 2 is 1.91 bits per heavy atom. The van der Waals surface area contributed by atoms with Crippen LogP contribution in [-0.4, -0.2) is 37.0 Å². The molecule has 0 saturated heterocycles. The lowest BCUT2D eigenvalue weighted by molar-refractivity contribution is 0.178. The normalized spacial score (nSPS) is 11.3. The monoisotopic (exact) mass is 307 g/mol. The molecule has 0 amide bonds. The lowest BCUT2D eigenvalue weighted by Crippen LogP contribution is -1.98. The van der Waals surface area contributed by atoms with E-state index < -0.39 is 0 Å². The maximum Gasteiger partial charge on any atom is 0.272 e. The van der Waals surface area contributed by atoms with Gasteiger partial charge in [-0.25, -0.2) is 0 Å². The third kappa shape index (κ3) is 2.27. The summed E-state index contributed by atoms with van der Waals surface area (Å²) >= 11 is 0. The summed E-state index contributed by atoms with van der Waals surface area (Å²) in [5, 5.41) is 22.7. The van der Waals surface area contributed by atoms with Crippen molar-refractivity contribution in [1.29, 1.82) is 0 Å². The molecule has 2 heterocycles. The van der Waals surface area contributed by atoms with Crippen LogP contribution in [0.1, 0.15) is 5.82 Å². The van der Waals surface area contributed by atoms with Crippen LogP contribution in [0.15, 0.2) is 42.5 Å². The lowest BCUT2D eigenvalue weighted by atomic mass is 10.0. The van der Waals surface area contributed by atoms with Gasteiger partial charge in [-0.3, -0.25) is 0 Å². The molecule has 0 unspecified atom stereocenters. The lowest BCUT2D eigenvalue weighted by Gasteiger charge is -2.06. The number of aromatic nitrogens is 5. The van der Waals surface area contributed by atoms with E-state index in [1.54, 1.807) is 17.7 Å². The molecule has 0 spiro atoms. The minimum absolute atomic E-state index is 0.0551. The summed E-state index contributed by atoms with van der Waals surface area (Å²) in [6.45, 7) is 0.287. The first-order valence-electron chi connectivity index (χ1n) is 7.05. The predicted octanol–water partition coefficient (Wildman–Crippen LogP) is 2.19. The molecule has 23 heavy (non-hydrogen) atoms. The highest BCUT2D eigenvalue weighted by atomic mass is 16.5. The summed E-state index contributed by atoms with van der Waals surface area (Å²) in [6.07, 6.45) is 0. The van der Waals surface area contributed by atoms with Crippen LogP contribution < -0.4 is 0 Å². The van der Waals surface area contributed by atoms with E-state index in [-0.39, 0.29) is 12.4 Å². The molecule has 1 N–H and O–H groups in total. The van der Waals surface area contributed by atoms with Crippen molar-refractivity contribution in [3.8, 4) is 16.9 Å². The Balaban J connectivity index is 2.00. The largest absolute Gasteiger partial charge is 0.506 e. The van der Waals surface area contributed by atoms with Crippen LogP contribution in [0.5, 0.6) is 5.75 Å². The summed E-state index contributed by atoms with van der Waals surface area (Å²) in [5.74, 6) is 0.938. The molecule has 0 aliphatic rings. The molecule has 0 aliphatic carbocycles. The molecule has 0 atom stereocenters. The zero-order chi connectivity index (χ0) is 15.8. The molecule has 0 saturated carbocycles. The second-order valence-electron chi connectivity index (χ2n) is 5.10. The number of aromatic hydroxyl groups is 1. The molecule has 0 bridgehead atoms. The number of rotatable bonds is 3. The Kier molecular flexibility index (Phi) is 3.13. The standard InChI is InChI=1S/C16H13N5O2/c1-23-9-14-17-16-19-18-15-12(21(16)20-14)7-11(8-13(15)22)10-5-3-2-4-6-10/h2-8,22H,9H2,1H3. The smallest absolute Gasteiger partial charge is 0.272 e. The Hall–Kier alpha value is -3.06. The van der Waals surface area contributed by atoms with Crippen molar-refractivity contribution < 1.29 is 9.84 Å². The summed E-state index contributed by atoms with van der Waals surface area (Å²) in [7, 11) is 1.58. The number of hydrogen-bond donors (Lipinski definition) is 1. The van der Waals surface area contributed by atoms with Gasteiger partial charge >= 0.3 is 0 Å². The van der Waals surface area contributed by atoms with Gasteiger partial charge in [0.25, 0.3) is 5.78 Å². The van der Waals surface area contributed by atoms with Gasteiger partial charge in [0.05, 0.1) is 0 Å². The summed E-state index contributed by atoms with van der Waals surface area (Å²) < 4.78 is 6.62. The Labute approximate surface area is 131 Å². The number of fused-ring (bicyclic) bond motifs is 3. The van der Waals surface area contributed by atoms with Gasteiger partial charge in [-0.2, -0.15) is 9.50 Å².